The highest BCUT2D eigenvalue weighted by Crippen LogP contribution is 2.21. The first-order chi connectivity index (χ1) is 10.2. The third-order valence-electron chi connectivity index (χ3n) is 4.06. The number of piperidine rings is 1. The van der Waals surface area contributed by atoms with Crippen molar-refractivity contribution in [2.75, 3.05) is 43.6 Å². The van der Waals surface area contributed by atoms with E-state index in [1.54, 1.807) is 0 Å². The summed E-state index contributed by atoms with van der Waals surface area (Å²) in [5, 5.41) is 0. The zero-order chi connectivity index (χ0) is 14.7. The van der Waals surface area contributed by atoms with E-state index in [0.717, 1.165) is 39.0 Å². The first-order valence-electron chi connectivity index (χ1n) is 7.57. The third-order valence-corrected chi connectivity index (χ3v) is 4.06. The largest absolute Gasteiger partial charge is 0.460 e. The van der Waals surface area contributed by atoms with Gasteiger partial charge < -0.3 is 14.5 Å². The summed E-state index contributed by atoms with van der Waals surface area (Å²) < 4.78 is 5.94. The normalized spacial score (nSPS) is 20.8. The number of nitrogens with one attached hydrogen (secondary N) is 1. The molecule has 0 amide bonds. The second-order valence-electron chi connectivity index (χ2n) is 5.70. The smallest absolute Gasteiger partial charge is 0.323 e. The molecule has 0 unspecified atom stereocenters. The Morgan fingerprint density at radius 1 is 1.10 bits per heavy atom. The monoisotopic (exact) mass is 293 g/mol. The van der Waals surface area contributed by atoms with E-state index in [1.807, 2.05) is 0 Å². The molecule has 0 saturated carbocycles. The minimum atomic E-state index is 0.167. The van der Waals surface area contributed by atoms with Gasteiger partial charge in [0.25, 0.3) is 0 Å². The molecule has 21 heavy (non-hydrogen) atoms. The standard InChI is InChI=1S/C13H23N7O/c1-19-8-4-10(5-9-19)21-13-16-11(18-14)15-12(17-13)20-6-2-3-7-20/h10H,2-9,14H2,1H3,(H,15,16,17,18). The fourth-order valence-corrected chi connectivity index (χ4v) is 2.77. The molecular formula is C13H23N7O. The summed E-state index contributed by atoms with van der Waals surface area (Å²) in [5.74, 6) is 6.46. The van der Waals surface area contributed by atoms with Crippen molar-refractivity contribution in [2.24, 2.45) is 5.84 Å². The van der Waals surface area contributed by atoms with Crippen LogP contribution in [-0.4, -0.2) is 59.2 Å². The zero-order valence-electron chi connectivity index (χ0n) is 12.5. The SMILES string of the molecule is CN1CCC(Oc2nc(NN)nc(N3CCCC3)n2)CC1. The summed E-state index contributed by atoms with van der Waals surface area (Å²) in [5.41, 5.74) is 2.50. The first-order valence-corrected chi connectivity index (χ1v) is 7.57. The van der Waals surface area contributed by atoms with Crippen LogP contribution >= 0.6 is 0 Å². The number of hydrazine groups is 1. The van der Waals surface area contributed by atoms with E-state index in [-0.39, 0.29) is 6.10 Å². The lowest BCUT2D eigenvalue weighted by atomic mass is 10.1. The molecule has 0 bridgehead atoms. The topological polar surface area (TPSA) is 92.4 Å². The maximum absolute atomic E-state index is 5.94. The minimum absolute atomic E-state index is 0.167. The van der Waals surface area contributed by atoms with Gasteiger partial charge in [-0.1, -0.05) is 0 Å². The Morgan fingerprint density at radius 3 is 2.48 bits per heavy atom. The molecule has 3 rings (SSSR count). The summed E-state index contributed by atoms with van der Waals surface area (Å²) in [7, 11) is 2.13. The molecule has 116 valence electrons. The molecule has 0 radical (unpaired) electrons. The van der Waals surface area contributed by atoms with Gasteiger partial charge >= 0.3 is 6.01 Å². The highest BCUT2D eigenvalue weighted by Gasteiger charge is 2.22. The number of rotatable bonds is 4. The Balaban J connectivity index is 1.72. The van der Waals surface area contributed by atoms with Gasteiger partial charge in [0.1, 0.15) is 6.10 Å². The second-order valence-corrected chi connectivity index (χ2v) is 5.70. The van der Waals surface area contributed by atoms with E-state index in [1.165, 1.54) is 12.8 Å². The Labute approximate surface area is 124 Å². The van der Waals surface area contributed by atoms with Crippen molar-refractivity contribution in [3.63, 3.8) is 0 Å². The second kappa shape index (κ2) is 6.40. The van der Waals surface area contributed by atoms with Gasteiger partial charge in [0, 0.05) is 26.2 Å². The average Bonchev–Trinajstić information content (AvgIpc) is 3.04. The molecule has 2 saturated heterocycles. The van der Waals surface area contributed by atoms with Crippen LogP contribution in [0.3, 0.4) is 0 Å². The van der Waals surface area contributed by atoms with E-state index in [2.05, 4.69) is 37.2 Å². The van der Waals surface area contributed by atoms with Crippen LogP contribution < -0.4 is 20.9 Å². The number of aromatic nitrogens is 3. The highest BCUT2D eigenvalue weighted by molar-refractivity contribution is 5.38. The van der Waals surface area contributed by atoms with E-state index in [9.17, 15) is 0 Å². The van der Waals surface area contributed by atoms with E-state index in [4.69, 9.17) is 10.6 Å². The van der Waals surface area contributed by atoms with E-state index < -0.39 is 0 Å². The molecule has 3 heterocycles. The van der Waals surface area contributed by atoms with Gasteiger partial charge in [-0.05, 0) is 32.7 Å². The quantitative estimate of drug-likeness (QED) is 0.602. The summed E-state index contributed by atoms with van der Waals surface area (Å²) >= 11 is 0. The summed E-state index contributed by atoms with van der Waals surface area (Å²) in [6, 6.07) is 0.370. The predicted molar refractivity (Wildman–Crippen MR) is 80.2 cm³/mol. The van der Waals surface area contributed by atoms with Crippen molar-refractivity contribution >= 4 is 11.9 Å². The maximum Gasteiger partial charge on any atom is 0.323 e. The lowest BCUT2D eigenvalue weighted by molar-refractivity contribution is 0.105. The van der Waals surface area contributed by atoms with Crippen LogP contribution in [-0.2, 0) is 0 Å². The van der Waals surface area contributed by atoms with Gasteiger partial charge in [-0.2, -0.15) is 15.0 Å². The molecule has 1 aromatic heterocycles. The first kappa shape index (κ1) is 14.3. The van der Waals surface area contributed by atoms with Crippen molar-refractivity contribution in [2.45, 2.75) is 31.8 Å². The van der Waals surface area contributed by atoms with Crippen LogP contribution in [0.4, 0.5) is 11.9 Å². The van der Waals surface area contributed by atoms with Crippen molar-refractivity contribution in [3.05, 3.63) is 0 Å². The molecule has 0 atom stereocenters. The van der Waals surface area contributed by atoms with Crippen molar-refractivity contribution < 1.29 is 4.74 Å². The molecule has 8 nitrogen and oxygen atoms in total. The van der Waals surface area contributed by atoms with Crippen molar-refractivity contribution in [1.29, 1.82) is 0 Å². The fourth-order valence-electron chi connectivity index (χ4n) is 2.77. The van der Waals surface area contributed by atoms with Crippen LogP contribution in [0.1, 0.15) is 25.7 Å². The van der Waals surface area contributed by atoms with Crippen LogP contribution in [0.5, 0.6) is 6.01 Å². The number of nitrogen functional groups attached to an aromatic ring is 1. The Bertz CT molecular complexity index is 470. The van der Waals surface area contributed by atoms with Crippen LogP contribution in [0.2, 0.25) is 0 Å². The zero-order valence-corrected chi connectivity index (χ0v) is 12.5. The Kier molecular flexibility index (Phi) is 4.35. The van der Waals surface area contributed by atoms with Gasteiger partial charge in [0.2, 0.25) is 11.9 Å². The van der Waals surface area contributed by atoms with Crippen molar-refractivity contribution in [3.8, 4) is 6.01 Å². The van der Waals surface area contributed by atoms with Crippen LogP contribution in [0.15, 0.2) is 0 Å². The van der Waals surface area contributed by atoms with Crippen molar-refractivity contribution in [1.82, 2.24) is 19.9 Å². The van der Waals surface area contributed by atoms with Gasteiger partial charge in [0.05, 0.1) is 0 Å². The molecule has 1 aromatic rings. The average molecular weight is 293 g/mol. The van der Waals surface area contributed by atoms with Gasteiger partial charge in [-0.15, -0.1) is 0 Å². The molecular weight excluding hydrogens is 270 g/mol. The Morgan fingerprint density at radius 2 is 1.81 bits per heavy atom. The van der Waals surface area contributed by atoms with Crippen LogP contribution in [0.25, 0.3) is 0 Å². The third kappa shape index (κ3) is 3.51. The molecule has 0 aromatic carbocycles. The number of nitrogens with two attached hydrogens (primary N) is 1. The van der Waals surface area contributed by atoms with Gasteiger partial charge in [-0.25, -0.2) is 5.84 Å². The molecule has 2 aliphatic heterocycles. The molecule has 2 fully saturated rings. The lowest BCUT2D eigenvalue weighted by Crippen LogP contribution is -2.36. The summed E-state index contributed by atoms with van der Waals surface area (Å²) in [6.07, 6.45) is 4.49. The number of likely N-dealkylation sites (tertiary alicyclic amines) is 1. The van der Waals surface area contributed by atoms with Gasteiger partial charge in [-0.3, -0.25) is 5.43 Å². The summed E-state index contributed by atoms with van der Waals surface area (Å²) in [6.45, 7) is 4.02. The number of anilines is 2. The number of hydrogen-bond donors (Lipinski definition) is 2. The number of ether oxygens (including phenoxy) is 1. The predicted octanol–water partition coefficient (Wildman–Crippen LogP) is 0.230. The molecule has 8 heteroatoms. The molecule has 0 spiro atoms. The van der Waals surface area contributed by atoms with Gasteiger partial charge in [0.15, 0.2) is 0 Å². The molecule has 2 aliphatic rings. The van der Waals surface area contributed by atoms with E-state index in [0.29, 0.717) is 17.9 Å². The number of nitrogens with zero attached hydrogens (tertiary/aromatic N) is 5. The Hall–Kier alpha value is -1.67. The lowest BCUT2D eigenvalue weighted by Gasteiger charge is -2.28. The minimum Gasteiger partial charge on any atom is -0.460 e. The molecule has 0 aliphatic carbocycles. The summed E-state index contributed by atoms with van der Waals surface area (Å²) in [4.78, 5) is 17.4. The molecule has 3 N–H and O–H groups in total. The number of hydrogen-bond acceptors (Lipinski definition) is 8. The fraction of sp³-hybridized carbons (Fsp3) is 0.769. The van der Waals surface area contributed by atoms with E-state index >= 15 is 0 Å². The highest BCUT2D eigenvalue weighted by atomic mass is 16.5. The van der Waals surface area contributed by atoms with Crippen LogP contribution in [0, 0.1) is 0 Å². The maximum atomic E-state index is 5.94.